The fraction of sp³-hybridized carbons (Fsp3) is 0.500. The molecule has 0 saturated carbocycles. The third kappa shape index (κ3) is 6.66. The van der Waals surface area contributed by atoms with Gasteiger partial charge in [0.25, 0.3) is 5.91 Å². The van der Waals surface area contributed by atoms with Crippen molar-refractivity contribution in [3.05, 3.63) is 53.1 Å². The molecule has 2 saturated heterocycles. The van der Waals surface area contributed by atoms with Crippen molar-refractivity contribution in [1.82, 2.24) is 4.90 Å². The van der Waals surface area contributed by atoms with Gasteiger partial charge in [0.2, 0.25) is 0 Å². The van der Waals surface area contributed by atoms with Crippen molar-refractivity contribution in [1.29, 1.82) is 0 Å². The molecule has 4 rings (SSSR count). The van der Waals surface area contributed by atoms with Crippen LogP contribution < -0.4 is 10.2 Å². The van der Waals surface area contributed by atoms with E-state index in [1.54, 1.807) is 30.5 Å². The van der Waals surface area contributed by atoms with Crippen LogP contribution in [-0.2, 0) is 11.2 Å². The number of hydrogen-bond acceptors (Lipinski definition) is 4. The summed E-state index contributed by atoms with van der Waals surface area (Å²) in [5.74, 6) is 0.546. The minimum absolute atomic E-state index is 0.214. The van der Waals surface area contributed by atoms with Gasteiger partial charge in [-0.2, -0.15) is 0 Å². The summed E-state index contributed by atoms with van der Waals surface area (Å²) < 4.78 is 12.1. The monoisotopic (exact) mass is 487 g/mol. The maximum Gasteiger partial charge on any atom is 0.255 e. The lowest BCUT2D eigenvalue weighted by atomic mass is 9.92. The standard InChI is InChI=1S/C26H34ClN3O2S/c1-33(32)23-8-9-25(24(19-23)28-26(31)21-6-5-7-22(27)18-21)30-16-11-20(12-17-30)10-15-29-13-3-2-4-14-29/h5-9,18-20H,2-4,10-17H2,1H3,(H,28,31). The van der Waals surface area contributed by atoms with Gasteiger partial charge in [0.15, 0.2) is 4.90 Å². The Hall–Kier alpha value is -1.73. The van der Waals surface area contributed by atoms with Crippen LogP contribution in [0.2, 0.25) is 5.02 Å². The minimum atomic E-state index is -1.12. The third-order valence-electron chi connectivity index (χ3n) is 6.89. The van der Waals surface area contributed by atoms with Crippen LogP contribution >= 0.6 is 11.6 Å². The van der Waals surface area contributed by atoms with Crippen molar-refractivity contribution in [3.63, 3.8) is 0 Å². The molecule has 0 bridgehead atoms. The number of amides is 1. The van der Waals surface area contributed by atoms with Gasteiger partial charge in [-0.15, -0.1) is 0 Å². The first-order valence-electron chi connectivity index (χ1n) is 12.0. The predicted molar refractivity (Wildman–Crippen MR) is 138 cm³/mol. The summed E-state index contributed by atoms with van der Waals surface area (Å²) in [6, 6.07) is 12.7. The molecule has 2 fully saturated rings. The van der Waals surface area contributed by atoms with E-state index < -0.39 is 11.2 Å². The van der Waals surface area contributed by atoms with Crippen LogP contribution in [0.1, 0.15) is 48.9 Å². The second-order valence-electron chi connectivity index (χ2n) is 9.22. The molecule has 1 amide bonds. The number of piperidine rings is 2. The molecule has 1 atom stereocenters. The maximum atomic E-state index is 12.9. The zero-order valence-corrected chi connectivity index (χ0v) is 21.0. The highest BCUT2D eigenvalue weighted by Crippen LogP contribution is 2.33. The average molecular weight is 488 g/mol. The molecule has 2 heterocycles. The number of carbonyl (C=O) groups excluding carboxylic acids is 1. The Morgan fingerprint density at radius 1 is 1.09 bits per heavy atom. The Morgan fingerprint density at radius 3 is 2.55 bits per heavy atom. The van der Waals surface area contributed by atoms with Crippen molar-refractivity contribution < 1.29 is 9.35 Å². The van der Waals surface area contributed by atoms with Crippen molar-refractivity contribution in [2.45, 2.75) is 43.4 Å². The molecule has 1 unspecified atom stereocenters. The lowest BCUT2D eigenvalue weighted by Gasteiger charge is -2.36. The third-order valence-corrected chi connectivity index (χ3v) is 8.05. The second-order valence-corrected chi connectivity index (χ2v) is 11.0. The number of hydrogen-bond donors (Lipinski definition) is 1. The van der Waals surface area contributed by atoms with E-state index in [2.05, 4.69) is 15.1 Å². The summed E-state index contributed by atoms with van der Waals surface area (Å²) in [4.78, 5) is 18.6. The molecule has 2 aliphatic heterocycles. The van der Waals surface area contributed by atoms with Crippen LogP contribution in [0.25, 0.3) is 0 Å². The van der Waals surface area contributed by atoms with Crippen molar-refractivity contribution in [3.8, 4) is 0 Å². The van der Waals surface area contributed by atoms with Crippen molar-refractivity contribution >= 4 is 40.1 Å². The van der Waals surface area contributed by atoms with Crippen LogP contribution in [0.5, 0.6) is 0 Å². The number of rotatable bonds is 7. The molecule has 5 nitrogen and oxygen atoms in total. The minimum Gasteiger partial charge on any atom is -0.612 e. The highest BCUT2D eigenvalue weighted by atomic mass is 35.5. The zero-order chi connectivity index (χ0) is 23.2. The Kier molecular flexibility index (Phi) is 8.58. The van der Waals surface area contributed by atoms with E-state index in [0.717, 1.165) is 37.5 Å². The van der Waals surface area contributed by atoms with Crippen molar-refractivity contribution in [2.24, 2.45) is 5.92 Å². The van der Waals surface area contributed by atoms with E-state index in [1.807, 2.05) is 18.2 Å². The van der Waals surface area contributed by atoms with Crippen LogP contribution in [0.15, 0.2) is 47.4 Å². The summed E-state index contributed by atoms with van der Waals surface area (Å²) >= 11 is 4.95. The maximum absolute atomic E-state index is 12.9. The van der Waals surface area contributed by atoms with Crippen LogP contribution in [0.4, 0.5) is 11.4 Å². The molecule has 0 aliphatic carbocycles. The summed E-state index contributed by atoms with van der Waals surface area (Å²) in [5, 5.41) is 3.57. The van der Waals surface area contributed by atoms with Crippen LogP contribution in [-0.4, -0.2) is 54.3 Å². The molecule has 1 N–H and O–H groups in total. The summed E-state index contributed by atoms with van der Waals surface area (Å²) in [6.07, 6.45) is 9.34. The molecular formula is C26H34ClN3O2S. The SMILES string of the molecule is C[S+]([O-])c1ccc(N2CCC(CCN3CCCCC3)CC2)c(NC(=O)c2cccc(Cl)c2)c1. The van der Waals surface area contributed by atoms with Gasteiger partial charge in [-0.3, -0.25) is 4.79 Å². The molecule has 2 aromatic carbocycles. The molecule has 0 spiro atoms. The quantitative estimate of drug-likeness (QED) is 0.529. The second kappa shape index (κ2) is 11.6. The first-order valence-corrected chi connectivity index (χ1v) is 13.9. The van der Waals surface area contributed by atoms with Gasteiger partial charge >= 0.3 is 0 Å². The molecule has 33 heavy (non-hydrogen) atoms. The normalized spacial score (nSPS) is 18.8. The number of likely N-dealkylation sites (tertiary alicyclic amines) is 1. The highest BCUT2D eigenvalue weighted by molar-refractivity contribution is 7.90. The molecule has 2 aromatic rings. The molecule has 0 radical (unpaired) electrons. The smallest absolute Gasteiger partial charge is 0.255 e. The Bertz CT molecular complexity index is 941. The van der Waals surface area contributed by atoms with E-state index in [1.165, 1.54) is 45.3 Å². The summed E-state index contributed by atoms with van der Waals surface area (Å²) in [6.45, 7) is 5.69. The fourth-order valence-corrected chi connectivity index (χ4v) is 5.64. The lowest BCUT2D eigenvalue weighted by molar-refractivity contribution is 0.102. The molecule has 0 aromatic heterocycles. The van der Waals surface area contributed by atoms with E-state index in [9.17, 15) is 9.35 Å². The van der Waals surface area contributed by atoms with E-state index in [-0.39, 0.29) is 5.91 Å². The summed E-state index contributed by atoms with van der Waals surface area (Å²) in [5.41, 5.74) is 2.21. The summed E-state index contributed by atoms with van der Waals surface area (Å²) in [7, 11) is 0. The van der Waals surface area contributed by atoms with Crippen molar-refractivity contribution in [2.75, 3.05) is 49.2 Å². The van der Waals surface area contributed by atoms with Gasteiger partial charge in [-0.1, -0.05) is 24.1 Å². The van der Waals surface area contributed by atoms with E-state index in [0.29, 0.717) is 21.2 Å². The van der Waals surface area contributed by atoms with Gasteiger partial charge in [0, 0.05) is 29.7 Å². The fourth-order valence-electron chi connectivity index (χ4n) is 4.90. The average Bonchev–Trinajstić information content (AvgIpc) is 2.83. The van der Waals surface area contributed by atoms with Crippen LogP contribution in [0.3, 0.4) is 0 Å². The molecular weight excluding hydrogens is 454 g/mol. The highest BCUT2D eigenvalue weighted by Gasteiger charge is 2.24. The predicted octanol–water partition coefficient (Wildman–Crippen LogP) is 5.42. The number of nitrogens with zero attached hydrogens (tertiary/aromatic N) is 2. The Morgan fingerprint density at radius 2 is 1.85 bits per heavy atom. The Balaban J connectivity index is 1.42. The first-order chi connectivity index (χ1) is 16.0. The number of carbonyl (C=O) groups is 1. The number of nitrogens with one attached hydrogen (secondary N) is 1. The molecule has 7 heteroatoms. The number of anilines is 2. The zero-order valence-electron chi connectivity index (χ0n) is 19.4. The van der Waals surface area contributed by atoms with E-state index in [4.69, 9.17) is 11.6 Å². The van der Waals surface area contributed by atoms with Crippen LogP contribution in [0, 0.1) is 5.92 Å². The van der Waals surface area contributed by atoms with Gasteiger partial charge in [-0.25, -0.2) is 0 Å². The lowest BCUT2D eigenvalue weighted by Crippen LogP contribution is -2.36. The Labute approximate surface area is 205 Å². The number of benzene rings is 2. The number of halogens is 1. The van der Waals surface area contributed by atoms with Gasteiger partial charge in [0.1, 0.15) is 6.26 Å². The molecule has 2 aliphatic rings. The van der Waals surface area contributed by atoms with Gasteiger partial charge in [0.05, 0.1) is 11.4 Å². The largest absolute Gasteiger partial charge is 0.612 e. The van der Waals surface area contributed by atoms with Gasteiger partial charge < -0.3 is 19.7 Å². The molecule has 178 valence electrons. The first kappa shape index (κ1) is 24.4. The van der Waals surface area contributed by atoms with Gasteiger partial charge in [-0.05, 0) is 99.2 Å². The van der Waals surface area contributed by atoms with E-state index >= 15 is 0 Å². The topological polar surface area (TPSA) is 58.6 Å².